The first-order valence-electron chi connectivity index (χ1n) is 0.816. The first-order chi connectivity index (χ1) is 1.41. The molecule has 0 amide bonds. The third-order valence-corrected chi connectivity index (χ3v) is 0. The predicted octanol–water partition coefficient (Wildman–Crippen LogP) is -0.190. The molecule has 4 heavy (non-hydrogen) atoms. The van der Waals surface area contributed by atoms with E-state index in [1.165, 1.54) is 0 Å². The van der Waals surface area contributed by atoms with Gasteiger partial charge in [-0.25, -0.2) is 0 Å². The van der Waals surface area contributed by atoms with Gasteiger partial charge in [0.15, 0.2) is 0 Å². The Morgan fingerprint density at radius 3 is 1.75 bits per heavy atom. The van der Waals surface area contributed by atoms with Crippen molar-refractivity contribution in [2.24, 2.45) is 0 Å². The molecular weight excluding hydrogens is 230 g/mol. The fourth-order valence-corrected chi connectivity index (χ4v) is 0. The maximum Gasteiger partial charge on any atom is 1.00 e. The maximum atomic E-state index is 7.46. The van der Waals surface area contributed by atoms with Gasteiger partial charge in [0.2, 0.25) is 0 Å². The third kappa shape index (κ3) is 18.6. The van der Waals surface area contributed by atoms with Gasteiger partial charge < -0.3 is 12.0 Å². The molecule has 0 rings (SSSR count). The Morgan fingerprint density at radius 2 is 1.75 bits per heavy atom. The fourth-order valence-electron chi connectivity index (χ4n) is 0. The molecule has 0 atom stereocenters. The van der Waals surface area contributed by atoms with Gasteiger partial charge in [-0.05, 0) is 0 Å². The van der Waals surface area contributed by atoms with E-state index in [2.05, 4.69) is 6.92 Å². The number of hydrogen-bond donors (Lipinski definition) is 1. The van der Waals surface area contributed by atoms with Gasteiger partial charge >= 0.3 is 19.8 Å². The molecular formula is C2H5OOs. The standard InChI is InChI=1S/C2H5O.Os/c1-2-3;/h3H,1-2H2;/q-1;+1. The fraction of sp³-hybridized carbons (Fsp3) is 0.500. The minimum absolute atomic E-state index is 0. The van der Waals surface area contributed by atoms with E-state index >= 15 is 0 Å². The van der Waals surface area contributed by atoms with Gasteiger partial charge in [0, 0.05) is 0 Å². The molecule has 0 bridgehead atoms. The Labute approximate surface area is 39.1 Å². The van der Waals surface area contributed by atoms with Crippen LogP contribution in [0.5, 0.6) is 0 Å². The molecule has 0 saturated heterocycles. The summed E-state index contributed by atoms with van der Waals surface area (Å²) in [4.78, 5) is 0. The summed E-state index contributed by atoms with van der Waals surface area (Å²) >= 11 is 0. The van der Waals surface area contributed by atoms with Crippen LogP contribution in [0.15, 0.2) is 0 Å². The first-order valence-corrected chi connectivity index (χ1v) is 0.816. The van der Waals surface area contributed by atoms with Crippen LogP contribution < -0.4 is 0 Å². The van der Waals surface area contributed by atoms with Gasteiger partial charge in [0.25, 0.3) is 0 Å². The van der Waals surface area contributed by atoms with Crippen molar-refractivity contribution in [3.63, 3.8) is 0 Å². The second-order valence-electron chi connectivity index (χ2n) is 0.224. The molecule has 0 aromatic carbocycles. The molecule has 0 fully saturated rings. The summed E-state index contributed by atoms with van der Waals surface area (Å²) in [5.74, 6) is 0. The Hall–Kier alpha value is 0.596. The van der Waals surface area contributed by atoms with Crippen LogP contribution >= 0.6 is 0 Å². The number of rotatable bonds is 0. The zero-order valence-electron chi connectivity index (χ0n) is 2.21. The van der Waals surface area contributed by atoms with E-state index in [-0.39, 0.29) is 26.4 Å². The molecule has 0 unspecified atom stereocenters. The largest absolute Gasteiger partial charge is 1.00 e. The normalized spacial score (nSPS) is 4.50. The van der Waals surface area contributed by atoms with Crippen LogP contribution in [0.25, 0.3) is 0 Å². The summed E-state index contributed by atoms with van der Waals surface area (Å²) in [6, 6.07) is 0. The quantitative estimate of drug-likeness (QED) is 0.577. The van der Waals surface area contributed by atoms with Gasteiger partial charge in [-0.15, -0.1) is 0 Å². The SMILES string of the molecule is [CH2-]CO.[Os+]. The molecule has 1 radical (unpaired) electrons. The van der Waals surface area contributed by atoms with Gasteiger partial charge in [0.1, 0.15) is 0 Å². The first kappa shape index (κ1) is 8.82. The van der Waals surface area contributed by atoms with Crippen LogP contribution in [0, 0.1) is 6.92 Å². The second-order valence-corrected chi connectivity index (χ2v) is 0.224. The van der Waals surface area contributed by atoms with E-state index in [9.17, 15) is 0 Å². The summed E-state index contributed by atoms with van der Waals surface area (Å²) in [7, 11) is 0. The van der Waals surface area contributed by atoms with Crippen LogP contribution in [0.2, 0.25) is 0 Å². The van der Waals surface area contributed by atoms with Crippen molar-refractivity contribution < 1.29 is 24.9 Å². The van der Waals surface area contributed by atoms with Gasteiger partial charge in [-0.1, -0.05) is 6.61 Å². The topological polar surface area (TPSA) is 20.2 Å². The third-order valence-electron chi connectivity index (χ3n) is 0. The van der Waals surface area contributed by atoms with E-state index in [0.29, 0.717) is 0 Å². The van der Waals surface area contributed by atoms with E-state index in [4.69, 9.17) is 5.11 Å². The van der Waals surface area contributed by atoms with E-state index in [0.717, 1.165) is 0 Å². The van der Waals surface area contributed by atoms with Crippen LogP contribution in [0.3, 0.4) is 0 Å². The van der Waals surface area contributed by atoms with Crippen molar-refractivity contribution in [2.45, 2.75) is 0 Å². The molecule has 0 saturated carbocycles. The Balaban J connectivity index is 0. The minimum atomic E-state index is 0. The van der Waals surface area contributed by atoms with E-state index < -0.39 is 0 Å². The zero-order chi connectivity index (χ0) is 2.71. The van der Waals surface area contributed by atoms with E-state index in [1.54, 1.807) is 0 Å². The average molecular weight is 235 g/mol. The van der Waals surface area contributed by atoms with E-state index in [1.807, 2.05) is 0 Å². The molecule has 0 aromatic rings. The average Bonchev–Trinajstić information content (AvgIpc) is 0.918. The van der Waals surface area contributed by atoms with Crippen molar-refractivity contribution in [3.8, 4) is 0 Å². The number of aliphatic hydroxyl groups is 1. The van der Waals surface area contributed by atoms with Gasteiger partial charge in [0.05, 0.1) is 0 Å². The van der Waals surface area contributed by atoms with Gasteiger partial charge in [-0.3, -0.25) is 0 Å². The molecule has 2 heteroatoms. The molecule has 0 aromatic heterocycles. The minimum Gasteiger partial charge on any atom is -0.428 e. The number of aliphatic hydroxyl groups excluding tert-OH is 1. The molecule has 1 N–H and O–H groups in total. The van der Waals surface area contributed by atoms with Crippen molar-refractivity contribution in [1.82, 2.24) is 0 Å². The van der Waals surface area contributed by atoms with Crippen molar-refractivity contribution in [2.75, 3.05) is 6.61 Å². The van der Waals surface area contributed by atoms with Crippen LogP contribution in [0.1, 0.15) is 0 Å². The van der Waals surface area contributed by atoms with Crippen molar-refractivity contribution in [3.05, 3.63) is 6.92 Å². The molecule has 0 spiro atoms. The summed E-state index contributed by atoms with van der Waals surface area (Å²) < 4.78 is 0. The van der Waals surface area contributed by atoms with Crippen molar-refractivity contribution >= 4 is 0 Å². The molecule has 1 nitrogen and oxygen atoms in total. The molecule has 0 heterocycles. The van der Waals surface area contributed by atoms with Crippen LogP contribution in [-0.4, -0.2) is 11.7 Å². The monoisotopic (exact) mass is 237 g/mol. The van der Waals surface area contributed by atoms with Crippen molar-refractivity contribution in [1.29, 1.82) is 0 Å². The summed E-state index contributed by atoms with van der Waals surface area (Å²) in [6.45, 7) is 3.04. The molecule has 0 aliphatic carbocycles. The Kier molecular flexibility index (Phi) is 21.0. The summed E-state index contributed by atoms with van der Waals surface area (Å²) in [6.07, 6.45) is 0. The summed E-state index contributed by atoms with van der Waals surface area (Å²) in [5.41, 5.74) is 0. The second kappa shape index (κ2) is 9.51. The predicted molar refractivity (Wildman–Crippen MR) is 12.4 cm³/mol. The molecule has 27 valence electrons. The zero-order valence-corrected chi connectivity index (χ0v) is 4.76. The summed E-state index contributed by atoms with van der Waals surface area (Å²) in [5, 5.41) is 7.46. The Morgan fingerprint density at radius 1 is 1.75 bits per heavy atom. The maximum absolute atomic E-state index is 7.46. The Bertz CT molecular complexity index is 6.00. The molecule has 0 aliphatic rings. The van der Waals surface area contributed by atoms with Gasteiger partial charge in [-0.2, -0.15) is 0 Å². The van der Waals surface area contributed by atoms with Crippen LogP contribution in [-0.2, 0) is 19.8 Å². The molecule has 0 aliphatic heterocycles. The smallest absolute Gasteiger partial charge is 0.428 e. The van der Waals surface area contributed by atoms with Crippen LogP contribution in [0.4, 0.5) is 0 Å². The number of hydrogen-bond acceptors (Lipinski definition) is 1.